The van der Waals surface area contributed by atoms with Gasteiger partial charge < -0.3 is 9.84 Å². The number of hydrogen-bond acceptors (Lipinski definition) is 2. The number of ether oxygens (including phenoxy) is 1. The summed E-state index contributed by atoms with van der Waals surface area (Å²) < 4.78 is 4.69. The average molecular weight is 260 g/mol. The first-order chi connectivity index (χ1) is 4.42. The Morgan fingerprint density at radius 1 is 1.50 bits per heavy atom. The van der Waals surface area contributed by atoms with Crippen molar-refractivity contribution in [1.82, 2.24) is 0 Å². The fourth-order valence-electron chi connectivity index (χ4n) is 0.342. The second-order valence-electron chi connectivity index (χ2n) is 2.59. The minimum absolute atomic E-state index is 0.390. The van der Waals surface area contributed by atoms with Crippen LogP contribution in [0.15, 0.2) is 12.5 Å². The Bertz CT molecular complexity index is 98.4. The molecule has 0 aromatic carbocycles. The van der Waals surface area contributed by atoms with Gasteiger partial charge in [0.25, 0.3) is 0 Å². The molecule has 0 aliphatic carbocycles. The van der Waals surface area contributed by atoms with Crippen molar-refractivity contribution in [1.29, 1.82) is 0 Å². The zero-order valence-corrected chi connectivity index (χ0v) is 11.2. The van der Waals surface area contributed by atoms with Crippen LogP contribution in [-0.2, 0) is 21.1 Å². The molecule has 0 saturated heterocycles. The second kappa shape index (κ2) is 6.17. The Kier molecular flexibility index (Phi) is 8.06. The van der Waals surface area contributed by atoms with Crippen molar-refractivity contribution in [3.63, 3.8) is 0 Å². The average Bonchev–Trinajstić information content (AvgIpc) is 1.64. The summed E-state index contributed by atoms with van der Waals surface area (Å²) in [7, 11) is 0. The SMILES string of the molecule is C=C([O-])OC(C)(C)C.[Zn+][Br]. The fourth-order valence-corrected chi connectivity index (χ4v) is 0.342. The van der Waals surface area contributed by atoms with E-state index in [1.165, 1.54) is 16.3 Å². The number of halogens is 1. The summed E-state index contributed by atoms with van der Waals surface area (Å²) in [4.78, 5) is 0. The first-order valence-electron chi connectivity index (χ1n) is 2.73. The van der Waals surface area contributed by atoms with Crippen LogP contribution >= 0.6 is 13.6 Å². The van der Waals surface area contributed by atoms with Crippen molar-refractivity contribution < 1.29 is 26.2 Å². The second-order valence-corrected chi connectivity index (χ2v) is 2.59. The van der Waals surface area contributed by atoms with E-state index >= 15 is 0 Å². The van der Waals surface area contributed by atoms with Crippen LogP contribution < -0.4 is 5.11 Å². The van der Waals surface area contributed by atoms with Gasteiger partial charge in [0.2, 0.25) is 0 Å². The molecule has 0 bridgehead atoms. The van der Waals surface area contributed by atoms with Crippen molar-refractivity contribution in [3.8, 4) is 0 Å². The van der Waals surface area contributed by atoms with Gasteiger partial charge in [-0.1, -0.05) is 27.4 Å². The molecular weight excluding hydrogens is 249 g/mol. The summed E-state index contributed by atoms with van der Waals surface area (Å²) in [5.74, 6) is -0.475. The molecule has 2 nitrogen and oxygen atoms in total. The molecule has 0 aromatic rings. The van der Waals surface area contributed by atoms with Crippen LogP contribution in [0.4, 0.5) is 0 Å². The Morgan fingerprint density at radius 2 is 1.80 bits per heavy atom. The van der Waals surface area contributed by atoms with Crippen LogP contribution in [0, 0.1) is 0 Å². The normalized spacial score (nSPS) is 9.40. The predicted molar refractivity (Wildman–Crippen MR) is 38.9 cm³/mol. The van der Waals surface area contributed by atoms with E-state index in [-0.39, 0.29) is 0 Å². The predicted octanol–water partition coefficient (Wildman–Crippen LogP) is 1.48. The van der Waals surface area contributed by atoms with Gasteiger partial charge in [0.1, 0.15) is 0 Å². The van der Waals surface area contributed by atoms with Gasteiger partial charge in [-0.15, -0.1) is 0 Å². The third-order valence-electron chi connectivity index (χ3n) is 0.420. The molecule has 0 N–H and O–H groups in total. The van der Waals surface area contributed by atoms with Gasteiger partial charge in [0, 0.05) is 11.5 Å². The van der Waals surface area contributed by atoms with Gasteiger partial charge >= 0.3 is 30.0 Å². The maximum absolute atomic E-state index is 10.1. The van der Waals surface area contributed by atoms with E-state index in [9.17, 15) is 5.11 Å². The van der Waals surface area contributed by atoms with E-state index in [0.29, 0.717) is 0 Å². The standard InChI is InChI=1S/C6H12O2.BrH.Zn/c1-5(7)8-6(2,3)4;;/h7H,1H2,2-4H3;1H;/q;;+2/p-2. The van der Waals surface area contributed by atoms with Crippen molar-refractivity contribution in [2.45, 2.75) is 26.4 Å². The first kappa shape index (κ1) is 13.1. The fraction of sp³-hybridized carbons (Fsp3) is 0.667. The summed E-state index contributed by atoms with van der Waals surface area (Å²) in [6.45, 7) is 8.47. The molecule has 0 radical (unpaired) electrons. The summed E-state index contributed by atoms with van der Waals surface area (Å²) in [5, 5.41) is 10.1. The third-order valence-corrected chi connectivity index (χ3v) is 0.420. The summed E-state index contributed by atoms with van der Waals surface area (Å²) in [6, 6.07) is 0. The zero-order chi connectivity index (χ0) is 8.78. The van der Waals surface area contributed by atoms with Crippen molar-refractivity contribution >= 4 is 13.6 Å². The molecule has 0 amide bonds. The van der Waals surface area contributed by atoms with Crippen LogP contribution in [0.2, 0.25) is 0 Å². The Balaban J connectivity index is 0. The van der Waals surface area contributed by atoms with Gasteiger partial charge in [-0.25, -0.2) is 0 Å². The molecule has 0 saturated carbocycles. The number of hydrogen-bond donors (Lipinski definition) is 0. The molecule has 56 valence electrons. The molecule has 0 rings (SSSR count). The summed E-state index contributed by atoms with van der Waals surface area (Å²) in [5.41, 5.74) is -0.390. The van der Waals surface area contributed by atoms with E-state index in [0.717, 1.165) is 0 Å². The van der Waals surface area contributed by atoms with Crippen LogP contribution in [0.3, 0.4) is 0 Å². The van der Waals surface area contributed by atoms with Crippen LogP contribution in [-0.4, -0.2) is 5.60 Å². The molecule has 0 fully saturated rings. The number of rotatable bonds is 1. The summed E-state index contributed by atoms with van der Waals surface area (Å²) in [6.07, 6.45) is 0. The molecule has 0 aliphatic heterocycles. The summed E-state index contributed by atoms with van der Waals surface area (Å²) >= 11 is 4.25. The molecule has 0 aliphatic rings. The van der Waals surface area contributed by atoms with Gasteiger partial charge in [0.15, 0.2) is 0 Å². The quantitative estimate of drug-likeness (QED) is 0.528. The maximum atomic E-state index is 10.1. The van der Waals surface area contributed by atoms with Gasteiger partial charge in [-0.05, 0) is 0 Å². The van der Waals surface area contributed by atoms with Crippen molar-refractivity contribution in [3.05, 3.63) is 12.5 Å². The Hall–Kier alpha value is 0.443. The van der Waals surface area contributed by atoms with Crippen LogP contribution in [0.25, 0.3) is 0 Å². The van der Waals surface area contributed by atoms with Crippen LogP contribution in [0.1, 0.15) is 20.8 Å². The first-order valence-corrected chi connectivity index (χ1v) is 9.68. The van der Waals surface area contributed by atoms with E-state index in [2.05, 4.69) is 24.9 Å². The van der Waals surface area contributed by atoms with Gasteiger partial charge in [-0.3, -0.25) is 0 Å². The van der Waals surface area contributed by atoms with Gasteiger partial charge in [-0.2, -0.15) is 0 Å². The van der Waals surface area contributed by atoms with E-state index < -0.39 is 11.5 Å². The van der Waals surface area contributed by atoms with E-state index in [1.807, 2.05) is 0 Å². The Labute approximate surface area is 78.7 Å². The van der Waals surface area contributed by atoms with E-state index in [1.54, 1.807) is 20.8 Å². The molecule has 0 unspecified atom stereocenters. The molecular formula is C6H11BrO2Zn. The minimum atomic E-state index is -0.475. The van der Waals surface area contributed by atoms with Crippen molar-refractivity contribution in [2.24, 2.45) is 0 Å². The Morgan fingerprint density at radius 3 is 1.80 bits per heavy atom. The van der Waals surface area contributed by atoms with Gasteiger partial charge in [0.05, 0.1) is 0 Å². The molecule has 10 heavy (non-hydrogen) atoms. The molecule has 0 atom stereocenters. The topological polar surface area (TPSA) is 32.3 Å². The molecule has 4 heteroatoms. The van der Waals surface area contributed by atoms with Crippen molar-refractivity contribution in [2.75, 3.05) is 0 Å². The molecule has 0 spiro atoms. The molecule has 0 aromatic heterocycles. The third kappa shape index (κ3) is 15.8. The molecule has 0 heterocycles. The monoisotopic (exact) mass is 258 g/mol. The zero-order valence-electron chi connectivity index (χ0n) is 6.61. The van der Waals surface area contributed by atoms with Crippen LogP contribution in [0.5, 0.6) is 0 Å². The van der Waals surface area contributed by atoms with E-state index in [4.69, 9.17) is 0 Å².